The highest BCUT2D eigenvalue weighted by molar-refractivity contribution is 5.51. The Hall–Kier alpha value is -1.66. The molecule has 154 valence electrons. The lowest BCUT2D eigenvalue weighted by Gasteiger charge is -2.46. The van der Waals surface area contributed by atoms with Gasteiger partial charge in [-0.3, -0.25) is 15.0 Å². The molecule has 0 radical (unpaired) electrons. The molecule has 4 rings (SSSR count). The second-order valence-corrected chi connectivity index (χ2v) is 9.26. The van der Waals surface area contributed by atoms with E-state index in [0.29, 0.717) is 11.5 Å². The van der Waals surface area contributed by atoms with Crippen molar-refractivity contribution in [3.63, 3.8) is 0 Å². The number of hydrogen-bond acceptors (Lipinski definition) is 5. The van der Waals surface area contributed by atoms with Crippen LogP contribution in [0.2, 0.25) is 0 Å². The summed E-state index contributed by atoms with van der Waals surface area (Å²) in [6, 6.07) is 7.54. The highest BCUT2D eigenvalue weighted by Crippen LogP contribution is 2.45. The smallest absolute Gasteiger partial charge is 0.269 e. The first kappa shape index (κ1) is 19.6. The van der Waals surface area contributed by atoms with Crippen LogP contribution in [0.1, 0.15) is 45.4 Å². The van der Waals surface area contributed by atoms with E-state index < -0.39 is 0 Å². The number of nitro benzene ring substituents is 1. The number of nitro groups is 1. The maximum absolute atomic E-state index is 10.9. The van der Waals surface area contributed by atoms with Gasteiger partial charge in [0, 0.05) is 50.0 Å². The number of piperidine rings is 1. The fourth-order valence-electron chi connectivity index (χ4n) is 5.55. The van der Waals surface area contributed by atoms with E-state index in [-0.39, 0.29) is 10.6 Å². The van der Waals surface area contributed by atoms with Gasteiger partial charge in [0.05, 0.1) is 4.92 Å². The summed E-state index contributed by atoms with van der Waals surface area (Å²) in [5.41, 5.74) is 1.92. The fourth-order valence-corrected chi connectivity index (χ4v) is 5.55. The topological polar surface area (TPSA) is 61.6 Å². The average molecular weight is 387 g/mol. The maximum atomic E-state index is 10.9. The standard InChI is InChI=1S/C22H34N4O2/c1-18-16-25(20-2-4-21(5-3-20)26(27)28)15-14-24(18)17-19-6-8-22(9-7-19)10-12-23-13-11-22/h2-5,18-19,23H,6-17H2,1H3/t18-/m1/s1. The molecule has 3 fully saturated rings. The van der Waals surface area contributed by atoms with Crippen molar-refractivity contribution in [2.75, 3.05) is 44.2 Å². The molecule has 6 nitrogen and oxygen atoms in total. The Balaban J connectivity index is 1.27. The summed E-state index contributed by atoms with van der Waals surface area (Å²) in [7, 11) is 0. The number of nitrogens with one attached hydrogen (secondary N) is 1. The molecule has 1 atom stereocenters. The molecule has 1 spiro atoms. The molecule has 0 unspecified atom stereocenters. The van der Waals surface area contributed by atoms with Crippen LogP contribution in [0.15, 0.2) is 24.3 Å². The molecule has 1 aromatic carbocycles. The minimum atomic E-state index is -0.331. The summed E-state index contributed by atoms with van der Waals surface area (Å²) < 4.78 is 0. The van der Waals surface area contributed by atoms with Gasteiger partial charge in [-0.1, -0.05) is 0 Å². The van der Waals surface area contributed by atoms with E-state index in [4.69, 9.17) is 0 Å². The summed E-state index contributed by atoms with van der Waals surface area (Å²) in [4.78, 5) is 15.6. The number of nitrogens with zero attached hydrogens (tertiary/aromatic N) is 3. The molecule has 2 saturated heterocycles. The third kappa shape index (κ3) is 4.33. The molecule has 2 aliphatic heterocycles. The third-order valence-corrected chi connectivity index (χ3v) is 7.51. The van der Waals surface area contributed by atoms with Gasteiger partial charge in [0.25, 0.3) is 5.69 Å². The Morgan fingerprint density at radius 1 is 1.11 bits per heavy atom. The Morgan fingerprint density at radius 2 is 1.79 bits per heavy atom. The van der Waals surface area contributed by atoms with Crippen molar-refractivity contribution in [2.45, 2.75) is 51.5 Å². The average Bonchev–Trinajstić information content (AvgIpc) is 2.72. The van der Waals surface area contributed by atoms with Crippen molar-refractivity contribution in [3.8, 4) is 0 Å². The molecule has 28 heavy (non-hydrogen) atoms. The minimum Gasteiger partial charge on any atom is -0.369 e. The van der Waals surface area contributed by atoms with Crippen molar-refractivity contribution in [3.05, 3.63) is 34.4 Å². The maximum Gasteiger partial charge on any atom is 0.269 e. The summed E-state index contributed by atoms with van der Waals surface area (Å²) in [5, 5.41) is 14.4. The third-order valence-electron chi connectivity index (χ3n) is 7.51. The first-order chi connectivity index (χ1) is 13.5. The fraction of sp³-hybridized carbons (Fsp3) is 0.727. The van der Waals surface area contributed by atoms with E-state index in [1.807, 2.05) is 12.1 Å². The number of piperazine rings is 1. The van der Waals surface area contributed by atoms with Gasteiger partial charge < -0.3 is 10.2 Å². The summed E-state index contributed by atoms with van der Waals surface area (Å²) >= 11 is 0. The molecule has 1 aliphatic carbocycles. The Labute approximate surface area is 168 Å². The van der Waals surface area contributed by atoms with Crippen LogP contribution in [-0.2, 0) is 0 Å². The number of benzene rings is 1. The number of anilines is 1. The van der Waals surface area contributed by atoms with Crippen LogP contribution in [0.25, 0.3) is 0 Å². The molecule has 1 aromatic rings. The van der Waals surface area contributed by atoms with Crippen LogP contribution >= 0.6 is 0 Å². The highest BCUT2D eigenvalue weighted by atomic mass is 16.6. The van der Waals surface area contributed by atoms with Gasteiger partial charge in [0.2, 0.25) is 0 Å². The van der Waals surface area contributed by atoms with E-state index >= 15 is 0 Å². The van der Waals surface area contributed by atoms with Crippen molar-refractivity contribution < 1.29 is 4.92 Å². The van der Waals surface area contributed by atoms with Gasteiger partial charge in [0.15, 0.2) is 0 Å². The first-order valence-corrected chi connectivity index (χ1v) is 11.0. The molecular formula is C22H34N4O2. The quantitative estimate of drug-likeness (QED) is 0.632. The Morgan fingerprint density at radius 3 is 2.39 bits per heavy atom. The van der Waals surface area contributed by atoms with Crippen molar-refractivity contribution in [2.24, 2.45) is 11.3 Å². The molecule has 0 bridgehead atoms. The number of non-ortho nitro benzene ring substituents is 1. The molecule has 0 amide bonds. The first-order valence-electron chi connectivity index (χ1n) is 11.0. The number of rotatable bonds is 4. The van der Waals surface area contributed by atoms with E-state index in [0.717, 1.165) is 31.2 Å². The molecule has 3 aliphatic rings. The van der Waals surface area contributed by atoms with Crippen molar-refractivity contribution >= 4 is 11.4 Å². The zero-order chi connectivity index (χ0) is 19.6. The molecular weight excluding hydrogens is 352 g/mol. The lowest BCUT2D eigenvalue weighted by Crippen LogP contribution is -2.53. The highest BCUT2D eigenvalue weighted by Gasteiger charge is 2.37. The monoisotopic (exact) mass is 386 g/mol. The predicted octanol–water partition coefficient (Wildman–Crippen LogP) is 3.67. The van der Waals surface area contributed by atoms with E-state index in [9.17, 15) is 10.1 Å². The van der Waals surface area contributed by atoms with Gasteiger partial charge >= 0.3 is 0 Å². The lowest BCUT2D eigenvalue weighted by atomic mass is 9.65. The molecule has 1 N–H and O–H groups in total. The Kier molecular flexibility index (Phi) is 5.88. The van der Waals surface area contributed by atoms with Crippen LogP contribution in [-0.4, -0.2) is 55.1 Å². The SMILES string of the molecule is C[C@@H]1CN(c2ccc([N+](=O)[O-])cc2)CCN1CC1CCC2(CCNCC2)CC1. The normalized spacial score (nSPS) is 26.5. The molecule has 2 heterocycles. The van der Waals surface area contributed by atoms with E-state index in [1.165, 1.54) is 58.2 Å². The van der Waals surface area contributed by atoms with Gasteiger partial charge in [-0.15, -0.1) is 0 Å². The van der Waals surface area contributed by atoms with Crippen molar-refractivity contribution in [1.29, 1.82) is 0 Å². The predicted molar refractivity (Wildman–Crippen MR) is 113 cm³/mol. The number of hydrogen-bond donors (Lipinski definition) is 1. The zero-order valence-corrected chi connectivity index (χ0v) is 17.1. The van der Waals surface area contributed by atoms with Crippen LogP contribution in [0, 0.1) is 21.4 Å². The summed E-state index contributed by atoms with van der Waals surface area (Å²) in [5.74, 6) is 0.855. The molecule has 0 aromatic heterocycles. The van der Waals surface area contributed by atoms with E-state index in [1.54, 1.807) is 12.1 Å². The van der Waals surface area contributed by atoms with Crippen LogP contribution < -0.4 is 10.2 Å². The van der Waals surface area contributed by atoms with Gasteiger partial charge in [-0.25, -0.2) is 0 Å². The molecule has 6 heteroatoms. The summed E-state index contributed by atoms with van der Waals surface area (Å²) in [6.45, 7) is 9.09. The van der Waals surface area contributed by atoms with E-state index in [2.05, 4.69) is 22.0 Å². The second kappa shape index (κ2) is 8.37. The van der Waals surface area contributed by atoms with Gasteiger partial charge in [0.1, 0.15) is 0 Å². The minimum absolute atomic E-state index is 0.166. The lowest BCUT2D eigenvalue weighted by molar-refractivity contribution is -0.384. The zero-order valence-electron chi connectivity index (χ0n) is 17.1. The van der Waals surface area contributed by atoms with Crippen molar-refractivity contribution in [1.82, 2.24) is 10.2 Å². The van der Waals surface area contributed by atoms with Crippen LogP contribution in [0.3, 0.4) is 0 Å². The van der Waals surface area contributed by atoms with Gasteiger partial charge in [-0.05, 0) is 82.0 Å². The largest absolute Gasteiger partial charge is 0.369 e. The second-order valence-electron chi connectivity index (χ2n) is 9.26. The van der Waals surface area contributed by atoms with Crippen LogP contribution in [0.5, 0.6) is 0 Å². The summed E-state index contributed by atoms with van der Waals surface area (Å²) in [6.07, 6.45) is 8.41. The Bertz CT molecular complexity index is 662. The van der Waals surface area contributed by atoms with Gasteiger partial charge in [-0.2, -0.15) is 0 Å². The molecule has 1 saturated carbocycles. The van der Waals surface area contributed by atoms with Crippen LogP contribution in [0.4, 0.5) is 11.4 Å².